The molecule has 1 fully saturated rings. The van der Waals surface area contributed by atoms with E-state index in [0.717, 1.165) is 30.0 Å². The van der Waals surface area contributed by atoms with E-state index < -0.39 is 0 Å². The summed E-state index contributed by atoms with van der Waals surface area (Å²) < 4.78 is 5.53. The molecule has 1 saturated carbocycles. The van der Waals surface area contributed by atoms with E-state index in [2.05, 4.69) is 11.9 Å². The normalized spacial score (nSPS) is 20.0. The van der Waals surface area contributed by atoms with Crippen LogP contribution in [0.1, 0.15) is 41.3 Å². The Morgan fingerprint density at radius 1 is 1.47 bits per heavy atom. The number of hydrogen-bond acceptors (Lipinski definition) is 4. The molecule has 1 unspecified atom stereocenters. The lowest BCUT2D eigenvalue weighted by atomic mass is 9.76. The van der Waals surface area contributed by atoms with Crippen molar-refractivity contribution in [1.82, 2.24) is 4.98 Å². The number of thiazole rings is 1. The predicted octanol–water partition coefficient (Wildman–Crippen LogP) is 2.62. The number of rotatable bonds is 5. The number of ether oxygens (including phenoxy) is 1. The second kappa shape index (κ2) is 5.04. The SMILES string of the molecule is COC1(CC(O)Cc2nc(C)c(C)s2)CCC1. The summed E-state index contributed by atoms with van der Waals surface area (Å²) >= 11 is 1.69. The third kappa shape index (κ3) is 2.87. The first-order valence-corrected chi connectivity index (χ1v) is 7.02. The summed E-state index contributed by atoms with van der Waals surface area (Å²) in [5.74, 6) is 0. The second-order valence-corrected chi connectivity index (χ2v) is 6.34. The van der Waals surface area contributed by atoms with Crippen LogP contribution in [0, 0.1) is 13.8 Å². The maximum absolute atomic E-state index is 10.1. The van der Waals surface area contributed by atoms with Gasteiger partial charge >= 0.3 is 0 Å². The molecule has 96 valence electrons. The zero-order valence-corrected chi connectivity index (χ0v) is 11.6. The zero-order chi connectivity index (χ0) is 12.5. The molecule has 2 rings (SSSR count). The first kappa shape index (κ1) is 13.0. The molecule has 1 aliphatic carbocycles. The summed E-state index contributed by atoms with van der Waals surface area (Å²) in [6.07, 6.45) is 4.44. The van der Waals surface area contributed by atoms with E-state index in [4.69, 9.17) is 4.74 Å². The summed E-state index contributed by atoms with van der Waals surface area (Å²) in [5, 5.41) is 11.2. The van der Waals surface area contributed by atoms with Gasteiger partial charge in [-0.25, -0.2) is 4.98 Å². The van der Waals surface area contributed by atoms with Crippen LogP contribution in [0.5, 0.6) is 0 Å². The molecule has 4 heteroatoms. The van der Waals surface area contributed by atoms with Gasteiger partial charge in [0.2, 0.25) is 0 Å². The van der Waals surface area contributed by atoms with Crippen LogP contribution >= 0.6 is 11.3 Å². The molecule has 0 bridgehead atoms. The van der Waals surface area contributed by atoms with Gasteiger partial charge in [0.1, 0.15) is 0 Å². The fraction of sp³-hybridized carbons (Fsp3) is 0.769. The molecular weight excluding hydrogens is 234 g/mol. The van der Waals surface area contributed by atoms with Gasteiger partial charge in [-0.1, -0.05) is 0 Å². The Kier molecular flexibility index (Phi) is 3.85. The first-order chi connectivity index (χ1) is 8.04. The van der Waals surface area contributed by atoms with Gasteiger partial charge in [-0.05, 0) is 33.1 Å². The fourth-order valence-corrected chi connectivity index (χ4v) is 3.40. The molecule has 17 heavy (non-hydrogen) atoms. The molecule has 1 atom stereocenters. The van der Waals surface area contributed by atoms with Crippen molar-refractivity contribution in [3.8, 4) is 0 Å². The highest BCUT2D eigenvalue weighted by atomic mass is 32.1. The van der Waals surface area contributed by atoms with E-state index >= 15 is 0 Å². The van der Waals surface area contributed by atoms with Gasteiger partial charge < -0.3 is 9.84 Å². The van der Waals surface area contributed by atoms with Gasteiger partial charge in [0.05, 0.1) is 22.4 Å². The van der Waals surface area contributed by atoms with E-state index in [1.54, 1.807) is 18.4 Å². The second-order valence-electron chi connectivity index (χ2n) is 5.05. The molecule has 0 saturated heterocycles. The van der Waals surface area contributed by atoms with Gasteiger partial charge in [-0.3, -0.25) is 0 Å². The lowest BCUT2D eigenvalue weighted by molar-refractivity contribution is -0.0989. The highest BCUT2D eigenvalue weighted by Gasteiger charge is 2.38. The van der Waals surface area contributed by atoms with Crippen LogP contribution in [0.4, 0.5) is 0 Å². The number of aliphatic hydroxyl groups is 1. The van der Waals surface area contributed by atoms with Crippen molar-refractivity contribution in [2.75, 3.05) is 7.11 Å². The van der Waals surface area contributed by atoms with Gasteiger partial charge in [0.15, 0.2) is 0 Å². The smallest absolute Gasteiger partial charge is 0.0956 e. The average molecular weight is 255 g/mol. The minimum absolute atomic E-state index is 0.0548. The Hall–Kier alpha value is -0.450. The fourth-order valence-electron chi connectivity index (χ4n) is 2.39. The summed E-state index contributed by atoms with van der Waals surface area (Å²) in [4.78, 5) is 5.72. The summed E-state index contributed by atoms with van der Waals surface area (Å²) in [6.45, 7) is 4.09. The Morgan fingerprint density at radius 3 is 2.59 bits per heavy atom. The number of aryl methyl sites for hydroxylation is 2. The lowest BCUT2D eigenvalue weighted by Gasteiger charge is -2.41. The van der Waals surface area contributed by atoms with E-state index in [1.807, 2.05) is 6.92 Å². The maximum atomic E-state index is 10.1. The van der Waals surface area contributed by atoms with Gasteiger partial charge in [0, 0.05) is 24.8 Å². The van der Waals surface area contributed by atoms with Crippen LogP contribution in [0.2, 0.25) is 0 Å². The molecule has 1 aromatic heterocycles. The molecule has 3 nitrogen and oxygen atoms in total. The van der Waals surface area contributed by atoms with Crippen LogP contribution in [-0.2, 0) is 11.2 Å². The molecule has 0 aromatic carbocycles. The van der Waals surface area contributed by atoms with Crippen molar-refractivity contribution in [3.63, 3.8) is 0 Å². The minimum Gasteiger partial charge on any atom is -0.393 e. The highest BCUT2D eigenvalue weighted by Crippen LogP contribution is 2.39. The van der Waals surface area contributed by atoms with Crippen LogP contribution in [-0.4, -0.2) is 28.9 Å². The molecule has 1 N–H and O–H groups in total. The topological polar surface area (TPSA) is 42.4 Å². The van der Waals surface area contributed by atoms with E-state index in [9.17, 15) is 5.11 Å². The standard InChI is InChI=1S/C13H21NO2S/c1-9-10(2)17-12(14-9)7-11(15)8-13(16-3)5-4-6-13/h11,15H,4-8H2,1-3H3. The monoisotopic (exact) mass is 255 g/mol. The number of methoxy groups -OCH3 is 1. The maximum Gasteiger partial charge on any atom is 0.0956 e. The molecule has 1 aliphatic rings. The van der Waals surface area contributed by atoms with Gasteiger partial charge in [-0.15, -0.1) is 11.3 Å². The summed E-state index contributed by atoms with van der Waals surface area (Å²) in [5.41, 5.74) is 1.03. The largest absolute Gasteiger partial charge is 0.393 e. The van der Waals surface area contributed by atoms with Crippen LogP contribution in [0.3, 0.4) is 0 Å². The molecular formula is C13H21NO2S. The summed E-state index contributed by atoms with van der Waals surface area (Å²) in [6, 6.07) is 0. The van der Waals surface area contributed by atoms with Crippen molar-refractivity contribution >= 4 is 11.3 Å². The van der Waals surface area contributed by atoms with Crippen molar-refractivity contribution in [3.05, 3.63) is 15.6 Å². The molecule has 1 aromatic rings. The molecule has 0 aliphatic heterocycles. The third-order valence-electron chi connectivity index (χ3n) is 3.79. The quantitative estimate of drug-likeness (QED) is 0.879. The van der Waals surface area contributed by atoms with Crippen molar-refractivity contribution in [2.24, 2.45) is 0 Å². The Labute approximate surface area is 107 Å². The van der Waals surface area contributed by atoms with Crippen molar-refractivity contribution in [2.45, 2.75) is 57.7 Å². The van der Waals surface area contributed by atoms with E-state index in [-0.39, 0.29) is 11.7 Å². The predicted molar refractivity (Wildman–Crippen MR) is 69.5 cm³/mol. The Bertz CT molecular complexity index is 360. The average Bonchev–Trinajstić information content (AvgIpc) is 2.52. The summed E-state index contributed by atoms with van der Waals surface area (Å²) in [7, 11) is 1.75. The highest BCUT2D eigenvalue weighted by molar-refractivity contribution is 7.11. The van der Waals surface area contributed by atoms with Crippen LogP contribution < -0.4 is 0 Å². The molecule has 0 radical (unpaired) electrons. The van der Waals surface area contributed by atoms with Gasteiger partial charge in [-0.2, -0.15) is 0 Å². The number of aromatic nitrogens is 1. The Balaban J connectivity index is 1.90. The van der Waals surface area contributed by atoms with E-state index in [0.29, 0.717) is 6.42 Å². The zero-order valence-electron chi connectivity index (χ0n) is 10.8. The molecule has 0 spiro atoms. The van der Waals surface area contributed by atoms with Crippen molar-refractivity contribution in [1.29, 1.82) is 0 Å². The van der Waals surface area contributed by atoms with E-state index in [1.165, 1.54) is 11.3 Å². The number of aliphatic hydroxyl groups excluding tert-OH is 1. The van der Waals surface area contributed by atoms with Crippen LogP contribution in [0.15, 0.2) is 0 Å². The first-order valence-electron chi connectivity index (χ1n) is 6.21. The number of hydrogen-bond donors (Lipinski definition) is 1. The van der Waals surface area contributed by atoms with Gasteiger partial charge in [0.25, 0.3) is 0 Å². The van der Waals surface area contributed by atoms with Crippen LogP contribution in [0.25, 0.3) is 0 Å². The molecule has 1 heterocycles. The lowest BCUT2D eigenvalue weighted by Crippen LogP contribution is -2.42. The van der Waals surface area contributed by atoms with Crippen molar-refractivity contribution < 1.29 is 9.84 Å². The minimum atomic E-state index is -0.333. The Morgan fingerprint density at radius 2 is 2.18 bits per heavy atom. The number of nitrogens with zero attached hydrogens (tertiary/aromatic N) is 1. The molecule has 0 amide bonds. The third-order valence-corrected chi connectivity index (χ3v) is 4.88.